The molecule has 3 aliphatic rings. The summed E-state index contributed by atoms with van der Waals surface area (Å²) in [5.74, 6) is 1.49. The Hall–Kier alpha value is -2.67. The highest BCUT2D eigenvalue weighted by atomic mass is 32.2. The van der Waals surface area contributed by atoms with E-state index in [0.717, 1.165) is 35.1 Å². The fourth-order valence-corrected chi connectivity index (χ4v) is 4.90. The Morgan fingerprint density at radius 1 is 1.32 bits per heavy atom. The molecule has 0 saturated carbocycles. The average Bonchev–Trinajstić information content (AvgIpc) is 3.34. The van der Waals surface area contributed by atoms with E-state index in [2.05, 4.69) is 38.5 Å². The van der Waals surface area contributed by atoms with Gasteiger partial charge in [0.15, 0.2) is 0 Å². The zero-order valence-electron chi connectivity index (χ0n) is 15.4. The second-order valence-corrected chi connectivity index (χ2v) is 8.25. The maximum absolute atomic E-state index is 13.5. The number of nitrogens with zero attached hydrogens (tertiary/aromatic N) is 3. The topological polar surface area (TPSA) is 58.9 Å². The van der Waals surface area contributed by atoms with Gasteiger partial charge in [-0.05, 0) is 36.3 Å². The predicted octanol–water partition coefficient (Wildman–Crippen LogP) is 3.52. The van der Waals surface area contributed by atoms with E-state index < -0.39 is 5.95 Å². The number of nitrogens with one attached hydrogen (secondary N) is 1. The molecule has 0 saturated heterocycles. The summed E-state index contributed by atoms with van der Waals surface area (Å²) in [6.07, 6.45) is 6.28. The van der Waals surface area contributed by atoms with Crippen LogP contribution < -0.4 is 10.1 Å². The molecule has 1 aromatic carbocycles. The van der Waals surface area contributed by atoms with Gasteiger partial charge in [0.1, 0.15) is 17.9 Å². The first-order valence-corrected chi connectivity index (χ1v) is 10.1. The van der Waals surface area contributed by atoms with Gasteiger partial charge in [0.2, 0.25) is 5.95 Å². The van der Waals surface area contributed by atoms with Gasteiger partial charge >= 0.3 is 0 Å². The summed E-state index contributed by atoms with van der Waals surface area (Å²) >= 11 is 1.70. The SMILES string of the molecule is Cc1cc(C2=CC3N=CN=C(NCc4ccc5c(c4)CCO5)C3S2)cnc1F. The van der Waals surface area contributed by atoms with Gasteiger partial charge in [0.25, 0.3) is 0 Å². The van der Waals surface area contributed by atoms with E-state index in [9.17, 15) is 4.39 Å². The standard InChI is InChI=1S/C21H19FN4OS/c1-12-6-15(10-23-20(12)22)18-8-16-19(28-18)21(26-11-25-16)24-9-13-2-3-17-14(7-13)4-5-27-17/h2-3,6-8,10-11,16,19H,4-5,9H2,1H3,(H,24,25,26). The number of hydrogen-bond acceptors (Lipinski definition) is 6. The van der Waals surface area contributed by atoms with Gasteiger partial charge in [0, 0.05) is 35.2 Å². The van der Waals surface area contributed by atoms with Crippen LogP contribution in [0.2, 0.25) is 0 Å². The molecule has 3 aliphatic heterocycles. The lowest BCUT2D eigenvalue weighted by atomic mass is 10.1. The van der Waals surface area contributed by atoms with Gasteiger partial charge in [-0.15, -0.1) is 11.8 Å². The van der Waals surface area contributed by atoms with Crippen LogP contribution in [-0.4, -0.2) is 35.1 Å². The van der Waals surface area contributed by atoms with Crippen molar-refractivity contribution in [3.8, 4) is 5.75 Å². The Morgan fingerprint density at radius 3 is 3.14 bits per heavy atom. The summed E-state index contributed by atoms with van der Waals surface area (Å²) in [7, 11) is 0. The predicted molar refractivity (Wildman–Crippen MR) is 110 cm³/mol. The summed E-state index contributed by atoms with van der Waals surface area (Å²) in [6.45, 7) is 3.20. The van der Waals surface area contributed by atoms with Crippen LogP contribution in [0.3, 0.4) is 0 Å². The third-order valence-electron chi connectivity index (χ3n) is 5.12. The van der Waals surface area contributed by atoms with Crippen LogP contribution in [0.25, 0.3) is 4.91 Å². The van der Waals surface area contributed by atoms with Gasteiger partial charge in [0.05, 0.1) is 17.9 Å². The fourth-order valence-electron chi connectivity index (χ4n) is 3.62. The minimum absolute atomic E-state index is 0.0266. The summed E-state index contributed by atoms with van der Waals surface area (Å²) in [4.78, 5) is 13.9. The number of ether oxygens (including phenoxy) is 1. The number of thioether (sulfide) groups is 1. The van der Waals surface area contributed by atoms with Crippen LogP contribution in [0, 0.1) is 12.9 Å². The Labute approximate surface area is 166 Å². The van der Waals surface area contributed by atoms with Crippen molar-refractivity contribution in [2.45, 2.75) is 31.2 Å². The van der Waals surface area contributed by atoms with Gasteiger partial charge in [-0.25, -0.2) is 9.98 Å². The summed E-state index contributed by atoms with van der Waals surface area (Å²) in [5.41, 5.74) is 3.94. The molecule has 5 rings (SSSR count). The van der Waals surface area contributed by atoms with Gasteiger partial charge in [-0.3, -0.25) is 4.99 Å². The number of benzene rings is 1. The van der Waals surface area contributed by atoms with Crippen molar-refractivity contribution in [2.24, 2.45) is 9.98 Å². The summed E-state index contributed by atoms with van der Waals surface area (Å²) in [6, 6.07) is 8.19. The maximum Gasteiger partial charge on any atom is 0.215 e. The molecule has 0 fully saturated rings. The van der Waals surface area contributed by atoms with E-state index in [1.54, 1.807) is 31.2 Å². The van der Waals surface area contributed by atoms with Crippen molar-refractivity contribution < 1.29 is 9.13 Å². The Balaban J connectivity index is 1.29. The van der Waals surface area contributed by atoms with Crippen molar-refractivity contribution in [3.63, 3.8) is 0 Å². The number of halogens is 1. The van der Waals surface area contributed by atoms with Crippen molar-refractivity contribution in [3.05, 3.63) is 64.7 Å². The smallest absolute Gasteiger partial charge is 0.215 e. The molecule has 2 atom stereocenters. The molecule has 0 amide bonds. The molecule has 0 spiro atoms. The maximum atomic E-state index is 13.5. The Morgan fingerprint density at radius 2 is 2.25 bits per heavy atom. The molecule has 2 unspecified atom stereocenters. The van der Waals surface area contributed by atoms with E-state index in [0.29, 0.717) is 12.1 Å². The van der Waals surface area contributed by atoms with Crippen LogP contribution >= 0.6 is 11.8 Å². The molecular weight excluding hydrogens is 375 g/mol. The second-order valence-electron chi connectivity index (χ2n) is 7.06. The molecule has 7 heteroatoms. The number of aromatic nitrogens is 1. The number of rotatable bonds is 3. The first kappa shape index (κ1) is 17.4. The third-order valence-corrected chi connectivity index (χ3v) is 6.50. The van der Waals surface area contributed by atoms with Crippen LogP contribution in [0.15, 0.2) is 46.5 Å². The Bertz CT molecular complexity index is 1030. The minimum atomic E-state index is -0.425. The van der Waals surface area contributed by atoms with Gasteiger partial charge in [-0.1, -0.05) is 12.1 Å². The van der Waals surface area contributed by atoms with Crippen molar-refractivity contribution >= 4 is 28.8 Å². The lowest BCUT2D eigenvalue weighted by molar-refractivity contribution is 0.357. The molecule has 4 heterocycles. The van der Waals surface area contributed by atoms with Crippen LogP contribution in [-0.2, 0) is 13.0 Å². The highest BCUT2D eigenvalue weighted by Crippen LogP contribution is 2.42. The van der Waals surface area contributed by atoms with Crippen LogP contribution in [0.1, 0.15) is 22.3 Å². The fraction of sp³-hybridized carbons (Fsp3) is 0.286. The molecule has 142 valence electrons. The minimum Gasteiger partial charge on any atom is -0.493 e. The van der Waals surface area contributed by atoms with Crippen LogP contribution in [0.4, 0.5) is 4.39 Å². The average molecular weight is 394 g/mol. The zero-order valence-corrected chi connectivity index (χ0v) is 16.2. The number of hydrogen-bond donors (Lipinski definition) is 1. The van der Waals surface area contributed by atoms with Crippen molar-refractivity contribution in [1.29, 1.82) is 0 Å². The number of aliphatic imine (C=N–C) groups is 2. The van der Waals surface area contributed by atoms with E-state index in [1.165, 1.54) is 11.1 Å². The highest BCUT2D eigenvalue weighted by molar-refractivity contribution is 8.09. The molecule has 1 N–H and O–H groups in total. The molecule has 0 bridgehead atoms. The molecule has 0 radical (unpaired) electrons. The highest BCUT2D eigenvalue weighted by Gasteiger charge is 2.34. The molecule has 28 heavy (non-hydrogen) atoms. The first-order valence-electron chi connectivity index (χ1n) is 9.26. The molecule has 2 aromatic rings. The largest absolute Gasteiger partial charge is 0.493 e. The second kappa shape index (κ2) is 7.05. The molecule has 1 aromatic heterocycles. The molecule has 0 aliphatic carbocycles. The molecule has 5 nitrogen and oxygen atoms in total. The monoisotopic (exact) mass is 394 g/mol. The lowest BCUT2D eigenvalue weighted by Crippen LogP contribution is -2.39. The number of amidine groups is 1. The summed E-state index contributed by atoms with van der Waals surface area (Å²) in [5, 5.41) is 3.58. The van der Waals surface area contributed by atoms with Gasteiger partial charge in [-0.2, -0.15) is 4.39 Å². The van der Waals surface area contributed by atoms with Crippen molar-refractivity contribution in [2.75, 3.05) is 6.61 Å². The zero-order chi connectivity index (χ0) is 19.1. The number of aryl methyl sites for hydroxylation is 1. The van der Waals surface area contributed by atoms with E-state index in [4.69, 9.17) is 4.74 Å². The summed E-state index contributed by atoms with van der Waals surface area (Å²) < 4.78 is 19.1. The first-order chi connectivity index (χ1) is 13.7. The van der Waals surface area contributed by atoms with Crippen molar-refractivity contribution in [1.82, 2.24) is 10.3 Å². The van der Waals surface area contributed by atoms with E-state index in [1.807, 2.05) is 12.1 Å². The number of fused-ring (bicyclic) bond motifs is 2. The van der Waals surface area contributed by atoms with E-state index in [-0.39, 0.29) is 11.3 Å². The normalized spacial score (nSPS) is 22.2. The Kier molecular flexibility index (Phi) is 4.39. The third kappa shape index (κ3) is 3.20. The van der Waals surface area contributed by atoms with Crippen LogP contribution in [0.5, 0.6) is 5.75 Å². The molecular formula is C21H19FN4OS. The quantitative estimate of drug-likeness (QED) is 0.810. The number of pyridine rings is 1. The lowest BCUT2D eigenvalue weighted by Gasteiger charge is -2.21. The van der Waals surface area contributed by atoms with E-state index >= 15 is 0 Å². The van der Waals surface area contributed by atoms with Gasteiger partial charge < -0.3 is 10.1 Å².